The van der Waals surface area contributed by atoms with E-state index in [1.54, 1.807) is 0 Å². The normalized spacial score (nSPS) is 11.2. The van der Waals surface area contributed by atoms with Gasteiger partial charge in [-0.1, -0.05) is 121 Å². The Morgan fingerprint density at radius 2 is 0.812 bits per heavy atom. The highest BCUT2D eigenvalue weighted by Gasteiger charge is 2.28. The van der Waals surface area contributed by atoms with E-state index in [0.29, 0.717) is 0 Å². The van der Waals surface area contributed by atoms with Crippen molar-refractivity contribution < 1.29 is 0 Å². The highest BCUT2D eigenvalue weighted by atomic mass is 32.1. The van der Waals surface area contributed by atoms with E-state index in [1.807, 2.05) is 11.3 Å². The quantitative estimate of drug-likeness (QED) is 0.287. The monoisotopic (exact) mass is 466 g/mol. The molecule has 0 N–H and O–H groups in total. The largest absolute Gasteiger partial charge is 0.148 e. The minimum absolute atomic E-state index is 0.633. The summed E-state index contributed by atoms with van der Waals surface area (Å²) in [6, 6.07) is 44.2. The highest BCUT2D eigenvalue weighted by Crippen LogP contribution is 2.41. The van der Waals surface area contributed by atoms with Gasteiger partial charge in [0.15, 0.2) is 0 Å². The van der Waals surface area contributed by atoms with Gasteiger partial charge < -0.3 is 0 Å². The first-order chi connectivity index (χ1) is 15.8. The molecule has 5 aromatic rings. The maximum absolute atomic E-state index is 2.43. The fourth-order valence-electron chi connectivity index (χ4n) is 4.01. The second-order valence-corrected chi connectivity index (χ2v) is 13.0. The Balaban J connectivity index is 1.75. The summed E-state index contributed by atoms with van der Waals surface area (Å²) >= 11 is 1.90. The molecular formula is C29H24P2S. The van der Waals surface area contributed by atoms with Crippen molar-refractivity contribution in [2.75, 3.05) is 0 Å². The minimum atomic E-state index is -0.637. The number of hydrogen-bond acceptors (Lipinski definition) is 1. The van der Waals surface area contributed by atoms with Crippen molar-refractivity contribution in [3.8, 4) is 0 Å². The van der Waals surface area contributed by atoms with Gasteiger partial charge in [-0.3, -0.25) is 0 Å². The molecule has 1 aromatic heterocycles. The van der Waals surface area contributed by atoms with Gasteiger partial charge >= 0.3 is 0 Å². The molecule has 0 radical (unpaired) electrons. The van der Waals surface area contributed by atoms with Crippen LogP contribution >= 0.6 is 27.2 Å². The van der Waals surface area contributed by atoms with Crippen molar-refractivity contribution in [2.24, 2.45) is 0 Å². The standard InChI is InChI=1S/C29H24P2S/c1-23-29(31(26-18-10-4-11-19-26)27-20-12-5-13-21-27)28(22-32-23)30(24-14-6-2-7-15-24)25-16-8-3-9-17-25/h2-22H,1H3. The van der Waals surface area contributed by atoms with Gasteiger partial charge in [-0.15, -0.1) is 11.3 Å². The lowest BCUT2D eigenvalue weighted by atomic mass is 10.4. The van der Waals surface area contributed by atoms with E-state index in [1.165, 1.54) is 36.7 Å². The Hall–Kier alpha value is -2.56. The molecule has 0 aliphatic rings. The van der Waals surface area contributed by atoms with Crippen LogP contribution in [0.5, 0.6) is 0 Å². The van der Waals surface area contributed by atoms with E-state index in [9.17, 15) is 0 Å². The molecule has 0 bridgehead atoms. The van der Waals surface area contributed by atoms with Crippen molar-refractivity contribution in [1.82, 2.24) is 0 Å². The van der Waals surface area contributed by atoms with E-state index in [2.05, 4.69) is 134 Å². The Kier molecular flexibility index (Phi) is 6.61. The van der Waals surface area contributed by atoms with E-state index in [-0.39, 0.29) is 0 Å². The third kappa shape index (κ3) is 4.35. The van der Waals surface area contributed by atoms with E-state index in [4.69, 9.17) is 0 Å². The molecule has 4 aromatic carbocycles. The summed E-state index contributed by atoms with van der Waals surface area (Å²) < 4.78 is 0. The lowest BCUT2D eigenvalue weighted by molar-refractivity contribution is 1.69. The molecule has 0 saturated carbocycles. The SMILES string of the molecule is Cc1scc(P(c2ccccc2)c2ccccc2)c1P(c1ccccc1)c1ccccc1. The Morgan fingerprint density at radius 1 is 0.469 bits per heavy atom. The van der Waals surface area contributed by atoms with Gasteiger partial charge in [-0.2, -0.15) is 0 Å². The molecule has 5 rings (SSSR count). The van der Waals surface area contributed by atoms with Gasteiger partial charge in [0, 0.05) is 20.9 Å². The molecule has 0 spiro atoms. The predicted molar refractivity (Wildman–Crippen MR) is 146 cm³/mol. The summed E-state index contributed by atoms with van der Waals surface area (Å²) in [4.78, 5) is 1.43. The molecule has 0 nitrogen and oxygen atoms in total. The second-order valence-electron chi connectivity index (χ2n) is 7.54. The predicted octanol–water partition coefficient (Wildman–Crippen LogP) is 5.57. The molecule has 1 heterocycles. The first-order valence-corrected chi connectivity index (χ1v) is 14.3. The van der Waals surface area contributed by atoms with Crippen LogP contribution < -0.4 is 31.8 Å². The fraction of sp³-hybridized carbons (Fsp3) is 0.0345. The fourth-order valence-corrected chi connectivity index (χ4v) is 11.0. The molecule has 0 fully saturated rings. The summed E-state index contributed by atoms with van der Waals surface area (Å²) in [5, 5.41) is 11.1. The third-order valence-corrected chi connectivity index (χ3v) is 12.0. The molecule has 0 atom stereocenters. The second kappa shape index (κ2) is 9.93. The Morgan fingerprint density at radius 3 is 1.19 bits per heavy atom. The van der Waals surface area contributed by atoms with E-state index in [0.717, 1.165) is 0 Å². The average Bonchev–Trinajstić information content (AvgIpc) is 3.23. The molecule has 32 heavy (non-hydrogen) atoms. The van der Waals surface area contributed by atoms with Gasteiger partial charge in [0.05, 0.1) is 0 Å². The number of hydrogen-bond donors (Lipinski definition) is 0. The van der Waals surface area contributed by atoms with Crippen molar-refractivity contribution in [2.45, 2.75) is 6.92 Å². The van der Waals surface area contributed by atoms with Gasteiger partial charge in [-0.25, -0.2) is 0 Å². The van der Waals surface area contributed by atoms with Gasteiger partial charge in [0.1, 0.15) is 0 Å². The zero-order chi connectivity index (χ0) is 21.8. The summed E-state index contributed by atoms with van der Waals surface area (Å²) in [6.45, 7) is 2.30. The van der Waals surface area contributed by atoms with Crippen LogP contribution in [0.1, 0.15) is 4.88 Å². The van der Waals surface area contributed by atoms with Crippen LogP contribution in [-0.4, -0.2) is 0 Å². The van der Waals surface area contributed by atoms with Gasteiger partial charge in [0.2, 0.25) is 0 Å². The molecule has 3 heteroatoms. The van der Waals surface area contributed by atoms with Crippen LogP contribution in [0.3, 0.4) is 0 Å². The lowest BCUT2D eigenvalue weighted by Crippen LogP contribution is -2.33. The molecule has 0 aliphatic heterocycles. The molecule has 0 saturated heterocycles. The highest BCUT2D eigenvalue weighted by molar-refractivity contribution is 7.86. The van der Waals surface area contributed by atoms with Crippen LogP contribution in [-0.2, 0) is 0 Å². The molecule has 0 amide bonds. The van der Waals surface area contributed by atoms with E-state index >= 15 is 0 Å². The third-order valence-electron chi connectivity index (χ3n) is 5.45. The number of thiophene rings is 1. The minimum Gasteiger partial charge on any atom is -0.148 e. The lowest BCUT2D eigenvalue weighted by Gasteiger charge is -2.25. The number of benzene rings is 4. The summed E-state index contributed by atoms with van der Waals surface area (Å²) in [7, 11) is -1.27. The van der Waals surface area contributed by atoms with Crippen LogP contribution in [0.4, 0.5) is 0 Å². The van der Waals surface area contributed by atoms with Crippen molar-refractivity contribution in [3.05, 3.63) is 132 Å². The summed E-state index contributed by atoms with van der Waals surface area (Å²) in [5.41, 5.74) is 0. The summed E-state index contributed by atoms with van der Waals surface area (Å²) in [6.07, 6.45) is 0. The zero-order valence-corrected chi connectivity index (χ0v) is 20.5. The van der Waals surface area contributed by atoms with Crippen LogP contribution in [0.15, 0.2) is 127 Å². The van der Waals surface area contributed by atoms with Crippen molar-refractivity contribution in [3.63, 3.8) is 0 Å². The van der Waals surface area contributed by atoms with Gasteiger partial charge in [-0.05, 0) is 44.0 Å². The van der Waals surface area contributed by atoms with Crippen molar-refractivity contribution in [1.29, 1.82) is 0 Å². The maximum atomic E-state index is 2.43. The first-order valence-electron chi connectivity index (χ1n) is 10.7. The van der Waals surface area contributed by atoms with Crippen LogP contribution in [0.2, 0.25) is 0 Å². The van der Waals surface area contributed by atoms with Crippen LogP contribution in [0, 0.1) is 6.92 Å². The number of aryl methyl sites for hydroxylation is 1. The topological polar surface area (TPSA) is 0 Å². The maximum Gasteiger partial charge on any atom is 0.0104 e. The summed E-state index contributed by atoms with van der Waals surface area (Å²) in [5.74, 6) is 0. The van der Waals surface area contributed by atoms with Crippen molar-refractivity contribution >= 4 is 59.0 Å². The van der Waals surface area contributed by atoms with Gasteiger partial charge in [0.25, 0.3) is 0 Å². The van der Waals surface area contributed by atoms with E-state index < -0.39 is 15.8 Å². The number of rotatable bonds is 6. The Bertz CT molecular complexity index is 1190. The molecular weight excluding hydrogens is 442 g/mol. The average molecular weight is 467 g/mol. The Labute approximate surface area is 197 Å². The molecule has 0 unspecified atom stereocenters. The molecule has 0 aliphatic carbocycles. The van der Waals surface area contributed by atoms with Crippen LogP contribution in [0.25, 0.3) is 0 Å². The first kappa shape index (κ1) is 21.3. The molecule has 156 valence electrons. The zero-order valence-electron chi connectivity index (χ0n) is 17.9. The smallest absolute Gasteiger partial charge is 0.0104 e.